The minimum Gasteiger partial charge on any atom is -0.289 e. The summed E-state index contributed by atoms with van der Waals surface area (Å²) in [5.74, 6) is 1.80. The zero-order valence-electron chi connectivity index (χ0n) is 24.4. The number of allylic oxidation sites excluding steroid dienone is 4. The lowest BCUT2D eigenvalue weighted by atomic mass is 9.52. The molecule has 6 rings (SSSR count). The summed E-state index contributed by atoms with van der Waals surface area (Å²) in [5, 5.41) is 0. The summed E-state index contributed by atoms with van der Waals surface area (Å²) in [6, 6.07) is 27.0. The Morgan fingerprint density at radius 1 is 0.925 bits per heavy atom. The van der Waals surface area contributed by atoms with E-state index in [4.69, 9.17) is 11.6 Å². The van der Waals surface area contributed by atoms with E-state index in [1.165, 1.54) is 44.5 Å². The Kier molecular flexibility index (Phi) is 6.45. The fourth-order valence-electron chi connectivity index (χ4n) is 8.44. The van der Waals surface area contributed by atoms with Gasteiger partial charge in [0.1, 0.15) is 0 Å². The maximum absolute atomic E-state index is 4.97. The molecule has 1 heteroatoms. The summed E-state index contributed by atoms with van der Waals surface area (Å²) in [6.45, 7) is 22.4. The van der Waals surface area contributed by atoms with Gasteiger partial charge in [0.05, 0.1) is 11.5 Å². The minimum absolute atomic E-state index is 0.0467. The first kappa shape index (κ1) is 26.5. The second-order valence-corrected chi connectivity index (χ2v) is 12.3. The third kappa shape index (κ3) is 3.43. The second kappa shape index (κ2) is 9.73. The van der Waals surface area contributed by atoms with Crippen LogP contribution in [-0.2, 0) is 5.41 Å². The monoisotopic (exact) mass is 523 g/mol. The highest BCUT2D eigenvalue weighted by Crippen LogP contribution is 2.71. The molecule has 0 N–H and O–H groups in total. The molecular weight excluding hydrogens is 482 g/mol. The van der Waals surface area contributed by atoms with Gasteiger partial charge in [-0.1, -0.05) is 131 Å². The van der Waals surface area contributed by atoms with Crippen LogP contribution in [0.1, 0.15) is 49.4 Å². The van der Waals surface area contributed by atoms with Crippen molar-refractivity contribution in [1.29, 1.82) is 0 Å². The summed E-state index contributed by atoms with van der Waals surface area (Å²) in [7, 11) is 0. The van der Waals surface area contributed by atoms with E-state index in [9.17, 15) is 0 Å². The molecule has 0 aromatic heterocycles. The van der Waals surface area contributed by atoms with E-state index >= 15 is 0 Å². The summed E-state index contributed by atoms with van der Waals surface area (Å²) in [5.41, 5.74) is 10.2. The van der Waals surface area contributed by atoms with Gasteiger partial charge in [-0.2, -0.15) is 0 Å². The van der Waals surface area contributed by atoms with Crippen molar-refractivity contribution in [3.63, 3.8) is 0 Å². The van der Waals surface area contributed by atoms with Gasteiger partial charge in [0, 0.05) is 17.5 Å². The van der Waals surface area contributed by atoms with E-state index in [2.05, 4.69) is 126 Å². The lowest BCUT2D eigenvalue weighted by molar-refractivity contribution is 0.235. The SMILES string of the molecule is C=CC=NC1C(C2C=C(C3(C(=C)c4ccccc4C)c4ccccc4-c4ccccc43)[C@@H]2C(C)C)C1(C=C)CC. The van der Waals surface area contributed by atoms with E-state index in [1.54, 1.807) is 6.08 Å². The zero-order chi connectivity index (χ0) is 28.2. The molecule has 1 fully saturated rings. The summed E-state index contributed by atoms with van der Waals surface area (Å²) in [4.78, 5) is 4.97. The Hall–Kier alpha value is -3.71. The van der Waals surface area contributed by atoms with Crippen LogP contribution in [0.15, 0.2) is 121 Å². The highest BCUT2D eigenvalue weighted by molar-refractivity contribution is 5.95. The predicted molar refractivity (Wildman–Crippen MR) is 172 cm³/mol. The number of aryl methyl sites for hydroxylation is 1. The number of nitrogens with zero attached hydrogens (tertiary/aromatic N) is 1. The lowest BCUT2D eigenvalue weighted by Gasteiger charge is -2.50. The molecule has 3 aliphatic rings. The first-order valence-corrected chi connectivity index (χ1v) is 14.8. The van der Waals surface area contributed by atoms with Crippen molar-refractivity contribution >= 4 is 11.8 Å². The molecule has 40 heavy (non-hydrogen) atoms. The van der Waals surface area contributed by atoms with Crippen molar-refractivity contribution in [2.24, 2.45) is 34.1 Å². The van der Waals surface area contributed by atoms with Crippen LogP contribution in [0.3, 0.4) is 0 Å². The largest absolute Gasteiger partial charge is 0.289 e. The van der Waals surface area contributed by atoms with Gasteiger partial charge in [-0.25, -0.2) is 0 Å². The summed E-state index contributed by atoms with van der Waals surface area (Å²) < 4.78 is 0. The maximum atomic E-state index is 4.97. The lowest BCUT2D eigenvalue weighted by Crippen LogP contribution is -2.44. The van der Waals surface area contributed by atoms with Crippen LogP contribution in [-0.4, -0.2) is 12.3 Å². The Bertz CT molecular complexity index is 1520. The van der Waals surface area contributed by atoms with Gasteiger partial charge in [0.15, 0.2) is 0 Å². The van der Waals surface area contributed by atoms with E-state index in [0.29, 0.717) is 23.7 Å². The molecule has 0 radical (unpaired) electrons. The molecule has 0 heterocycles. The second-order valence-electron chi connectivity index (χ2n) is 12.3. The number of fused-ring (bicyclic) bond motifs is 3. The van der Waals surface area contributed by atoms with Gasteiger partial charge in [-0.05, 0) is 70.1 Å². The van der Waals surface area contributed by atoms with Crippen LogP contribution in [0.5, 0.6) is 0 Å². The van der Waals surface area contributed by atoms with E-state index in [0.717, 1.165) is 6.42 Å². The van der Waals surface area contributed by atoms with Gasteiger partial charge in [-0.3, -0.25) is 4.99 Å². The molecule has 1 saturated carbocycles. The number of hydrogen-bond acceptors (Lipinski definition) is 1. The zero-order valence-corrected chi connectivity index (χ0v) is 24.4. The molecule has 0 saturated heterocycles. The smallest absolute Gasteiger partial charge is 0.0676 e. The molecule has 0 amide bonds. The van der Waals surface area contributed by atoms with Crippen LogP contribution in [0.25, 0.3) is 16.7 Å². The Morgan fingerprint density at radius 2 is 1.52 bits per heavy atom. The molecule has 3 aliphatic carbocycles. The Balaban J connectivity index is 1.60. The normalized spacial score (nSPS) is 27.5. The predicted octanol–water partition coefficient (Wildman–Crippen LogP) is 9.64. The van der Waals surface area contributed by atoms with Crippen LogP contribution in [0, 0.1) is 36.0 Å². The Morgan fingerprint density at radius 3 is 2.08 bits per heavy atom. The van der Waals surface area contributed by atoms with Crippen molar-refractivity contribution < 1.29 is 0 Å². The fraction of sp³-hybridized carbons (Fsp3) is 0.308. The molecule has 0 spiro atoms. The molecule has 3 aromatic rings. The Labute approximate surface area is 240 Å². The minimum atomic E-state index is -0.400. The van der Waals surface area contributed by atoms with Crippen molar-refractivity contribution in [1.82, 2.24) is 0 Å². The average Bonchev–Trinajstić information content (AvgIpc) is 3.48. The van der Waals surface area contributed by atoms with Crippen LogP contribution < -0.4 is 0 Å². The topological polar surface area (TPSA) is 12.4 Å². The number of rotatable bonds is 9. The summed E-state index contributed by atoms with van der Waals surface area (Å²) >= 11 is 0. The van der Waals surface area contributed by atoms with Crippen LogP contribution in [0.2, 0.25) is 0 Å². The molecule has 5 atom stereocenters. The molecule has 0 bridgehead atoms. The quantitative estimate of drug-likeness (QED) is 0.196. The highest BCUT2D eigenvalue weighted by atomic mass is 14.9. The summed E-state index contributed by atoms with van der Waals surface area (Å²) in [6.07, 6.45) is 9.55. The van der Waals surface area contributed by atoms with Crippen LogP contribution >= 0.6 is 0 Å². The van der Waals surface area contributed by atoms with Crippen molar-refractivity contribution in [3.8, 4) is 11.1 Å². The third-order valence-electron chi connectivity index (χ3n) is 10.3. The van der Waals surface area contributed by atoms with Gasteiger partial charge >= 0.3 is 0 Å². The fourth-order valence-corrected chi connectivity index (χ4v) is 8.44. The van der Waals surface area contributed by atoms with Gasteiger partial charge < -0.3 is 0 Å². The third-order valence-corrected chi connectivity index (χ3v) is 10.3. The molecule has 0 aliphatic heterocycles. The van der Waals surface area contributed by atoms with Crippen molar-refractivity contribution in [2.45, 2.75) is 45.6 Å². The van der Waals surface area contributed by atoms with Gasteiger partial charge in [-0.15, -0.1) is 6.58 Å². The molecule has 3 aromatic carbocycles. The molecule has 4 unspecified atom stereocenters. The van der Waals surface area contributed by atoms with Gasteiger partial charge in [0.2, 0.25) is 0 Å². The van der Waals surface area contributed by atoms with E-state index < -0.39 is 5.41 Å². The first-order chi connectivity index (χ1) is 19.4. The average molecular weight is 524 g/mol. The molecule has 1 nitrogen and oxygen atoms in total. The standard InChI is InChI=1S/C39H41N/c1-8-23-40-37-36(38(37,9-2)10-3)31-24-34(35(31)25(4)5)39(27(7)28-18-12-11-17-26(28)6)32-21-15-13-19-29(32)30-20-14-16-22-33(30)39/h8-9,11-25,31,35-37H,1-2,7,10H2,3-6H3/t31?,35-,36?,37?,38?/m1/s1. The van der Waals surface area contributed by atoms with Crippen molar-refractivity contribution in [3.05, 3.63) is 139 Å². The van der Waals surface area contributed by atoms with E-state index in [-0.39, 0.29) is 11.5 Å². The number of aliphatic imine (C=N–C) groups is 1. The maximum Gasteiger partial charge on any atom is 0.0676 e. The van der Waals surface area contributed by atoms with Crippen LogP contribution in [0.4, 0.5) is 0 Å². The molecule has 202 valence electrons. The van der Waals surface area contributed by atoms with E-state index in [1.807, 2.05) is 6.21 Å². The van der Waals surface area contributed by atoms with Crippen molar-refractivity contribution in [2.75, 3.05) is 0 Å². The molecular formula is C39H41N. The number of benzene rings is 3. The highest BCUT2D eigenvalue weighted by Gasteiger charge is 2.68. The first-order valence-electron chi connectivity index (χ1n) is 14.8. The number of hydrogen-bond donors (Lipinski definition) is 0. The van der Waals surface area contributed by atoms with Gasteiger partial charge in [0.25, 0.3) is 0 Å².